The standard InChI is InChI=1S/C18H17IN4O2/c1-24-17-10-13(9-16(19)18(17)25-2)11-21-22-14-3-5-15(6-4-14)23-8-7-20-12-23/h3-12,22H,1-2H3/b21-11+. The Labute approximate surface area is 159 Å². The fourth-order valence-electron chi connectivity index (χ4n) is 2.31. The van der Waals surface area contributed by atoms with Gasteiger partial charge in [-0.1, -0.05) is 0 Å². The van der Waals surface area contributed by atoms with Gasteiger partial charge in [0.15, 0.2) is 11.5 Å². The van der Waals surface area contributed by atoms with Crippen LogP contribution in [0.3, 0.4) is 0 Å². The number of hydrogen-bond acceptors (Lipinski definition) is 5. The van der Waals surface area contributed by atoms with Gasteiger partial charge in [-0.15, -0.1) is 0 Å². The minimum absolute atomic E-state index is 0.681. The minimum atomic E-state index is 0.681. The fourth-order valence-corrected chi connectivity index (χ4v) is 3.16. The van der Waals surface area contributed by atoms with Crippen molar-refractivity contribution in [1.29, 1.82) is 0 Å². The Bertz CT molecular complexity index is 862. The van der Waals surface area contributed by atoms with Crippen molar-refractivity contribution in [3.05, 3.63) is 64.3 Å². The summed E-state index contributed by atoms with van der Waals surface area (Å²) >= 11 is 2.21. The van der Waals surface area contributed by atoms with Crippen molar-refractivity contribution in [3.8, 4) is 17.2 Å². The predicted molar refractivity (Wildman–Crippen MR) is 107 cm³/mol. The van der Waals surface area contributed by atoms with Gasteiger partial charge in [0, 0.05) is 18.1 Å². The van der Waals surface area contributed by atoms with E-state index in [1.807, 2.05) is 47.2 Å². The Morgan fingerprint density at radius 3 is 2.60 bits per heavy atom. The zero-order valence-electron chi connectivity index (χ0n) is 13.8. The second kappa shape index (κ2) is 8.02. The molecule has 3 rings (SSSR count). The van der Waals surface area contributed by atoms with Crippen molar-refractivity contribution >= 4 is 34.5 Å². The number of nitrogens with one attached hydrogen (secondary N) is 1. The normalized spacial score (nSPS) is 10.8. The van der Waals surface area contributed by atoms with Gasteiger partial charge in [0.2, 0.25) is 0 Å². The molecular weight excluding hydrogens is 431 g/mol. The SMILES string of the molecule is COc1cc(/C=N/Nc2ccc(-n3ccnc3)cc2)cc(I)c1OC. The molecule has 0 amide bonds. The van der Waals surface area contributed by atoms with Crippen LogP contribution in [-0.4, -0.2) is 30.0 Å². The van der Waals surface area contributed by atoms with Gasteiger partial charge in [-0.25, -0.2) is 4.98 Å². The lowest BCUT2D eigenvalue weighted by Gasteiger charge is -2.10. The molecule has 3 aromatic rings. The van der Waals surface area contributed by atoms with Crippen molar-refractivity contribution in [2.45, 2.75) is 0 Å². The second-order valence-corrected chi connectivity index (χ2v) is 6.29. The molecule has 1 heterocycles. The summed E-state index contributed by atoms with van der Waals surface area (Å²) < 4.78 is 13.6. The average Bonchev–Trinajstić information content (AvgIpc) is 3.16. The van der Waals surface area contributed by atoms with Crippen molar-refractivity contribution < 1.29 is 9.47 Å². The van der Waals surface area contributed by atoms with Gasteiger partial charge in [0.05, 0.1) is 36.0 Å². The number of hydrazone groups is 1. The third kappa shape index (κ3) is 4.11. The number of methoxy groups -OCH3 is 2. The number of imidazole rings is 1. The van der Waals surface area contributed by atoms with Crippen LogP contribution in [0.1, 0.15) is 5.56 Å². The highest BCUT2D eigenvalue weighted by molar-refractivity contribution is 14.1. The molecule has 0 aliphatic carbocycles. The van der Waals surface area contributed by atoms with E-state index in [0.717, 1.165) is 26.3 Å². The van der Waals surface area contributed by atoms with Crippen molar-refractivity contribution in [1.82, 2.24) is 9.55 Å². The Morgan fingerprint density at radius 2 is 1.96 bits per heavy atom. The fraction of sp³-hybridized carbons (Fsp3) is 0.111. The van der Waals surface area contributed by atoms with Gasteiger partial charge in [0.1, 0.15) is 0 Å². The van der Waals surface area contributed by atoms with Gasteiger partial charge < -0.3 is 14.0 Å². The first-order chi connectivity index (χ1) is 12.2. The van der Waals surface area contributed by atoms with Crippen LogP contribution in [-0.2, 0) is 0 Å². The topological polar surface area (TPSA) is 60.7 Å². The maximum absolute atomic E-state index is 5.35. The molecule has 7 heteroatoms. The van der Waals surface area contributed by atoms with E-state index in [-0.39, 0.29) is 0 Å². The van der Waals surface area contributed by atoms with Gasteiger partial charge >= 0.3 is 0 Å². The molecular formula is C18H17IN4O2. The summed E-state index contributed by atoms with van der Waals surface area (Å²) in [6.45, 7) is 0. The molecule has 0 spiro atoms. The van der Waals surface area contributed by atoms with Crippen LogP contribution in [0.2, 0.25) is 0 Å². The lowest BCUT2D eigenvalue weighted by Crippen LogP contribution is -1.97. The summed E-state index contributed by atoms with van der Waals surface area (Å²) in [6, 6.07) is 11.8. The van der Waals surface area contributed by atoms with Crippen molar-refractivity contribution in [2.24, 2.45) is 5.10 Å². The van der Waals surface area contributed by atoms with Crippen molar-refractivity contribution in [3.63, 3.8) is 0 Å². The average molecular weight is 448 g/mol. The number of hydrogen-bond donors (Lipinski definition) is 1. The van der Waals surface area contributed by atoms with Crippen LogP contribution in [0.15, 0.2) is 60.2 Å². The Morgan fingerprint density at radius 1 is 1.16 bits per heavy atom. The monoisotopic (exact) mass is 448 g/mol. The maximum Gasteiger partial charge on any atom is 0.174 e. The van der Waals surface area contributed by atoms with Gasteiger partial charge in [-0.2, -0.15) is 5.10 Å². The first-order valence-corrected chi connectivity index (χ1v) is 8.58. The smallest absolute Gasteiger partial charge is 0.174 e. The summed E-state index contributed by atoms with van der Waals surface area (Å²) in [5, 5.41) is 4.28. The van der Waals surface area contributed by atoms with E-state index < -0.39 is 0 Å². The summed E-state index contributed by atoms with van der Waals surface area (Å²) in [7, 11) is 3.25. The molecule has 6 nitrogen and oxygen atoms in total. The first kappa shape index (κ1) is 17.3. The number of rotatable bonds is 6. The quantitative estimate of drug-likeness (QED) is 0.353. The number of aromatic nitrogens is 2. The molecule has 0 fully saturated rings. The predicted octanol–water partition coefficient (Wildman–Crippen LogP) is 3.94. The molecule has 0 radical (unpaired) electrons. The molecule has 1 aromatic heterocycles. The van der Waals surface area contributed by atoms with E-state index in [1.54, 1.807) is 33.0 Å². The van der Waals surface area contributed by atoms with Crippen LogP contribution in [0.5, 0.6) is 11.5 Å². The minimum Gasteiger partial charge on any atom is -0.493 e. The Kier molecular flexibility index (Phi) is 5.54. The van der Waals surface area contributed by atoms with Crippen LogP contribution in [0.4, 0.5) is 5.69 Å². The second-order valence-electron chi connectivity index (χ2n) is 5.13. The van der Waals surface area contributed by atoms with E-state index in [9.17, 15) is 0 Å². The molecule has 0 unspecified atom stereocenters. The molecule has 25 heavy (non-hydrogen) atoms. The van der Waals surface area contributed by atoms with Gasteiger partial charge in [0.25, 0.3) is 0 Å². The van der Waals surface area contributed by atoms with E-state index in [0.29, 0.717) is 5.75 Å². The number of halogens is 1. The summed E-state index contributed by atoms with van der Waals surface area (Å²) in [5.41, 5.74) is 5.88. The first-order valence-electron chi connectivity index (χ1n) is 7.50. The third-order valence-electron chi connectivity index (χ3n) is 3.53. The highest BCUT2D eigenvalue weighted by Crippen LogP contribution is 2.33. The highest BCUT2D eigenvalue weighted by Gasteiger charge is 2.09. The molecule has 0 aliphatic heterocycles. The van der Waals surface area contributed by atoms with E-state index in [1.165, 1.54) is 0 Å². The zero-order valence-corrected chi connectivity index (χ0v) is 16.0. The lowest BCUT2D eigenvalue weighted by atomic mass is 10.2. The number of benzene rings is 2. The van der Waals surface area contributed by atoms with Crippen LogP contribution < -0.4 is 14.9 Å². The molecule has 0 saturated heterocycles. The van der Waals surface area contributed by atoms with E-state index in [4.69, 9.17) is 9.47 Å². The molecule has 0 aliphatic rings. The highest BCUT2D eigenvalue weighted by atomic mass is 127. The van der Waals surface area contributed by atoms with Gasteiger partial charge in [-0.3, -0.25) is 5.43 Å². The van der Waals surface area contributed by atoms with Crippen molar-refractivity contribution in [2.75, 3.05) is 19.6 Å². The number of anilines is 1. The summed E-state index contributed by atoms with van der Waals surface area (Å²) in [5.74, 6) is 1.41. The molecule has 2 aromatic carbocycles. The van der Waals surface area contributed by atoms with Crippen LogP contribution in [0.25, 0.3) is 5.69 Å². The largest absolute Gasteiger partial charge is 0.493 e. The maximum atomic E-state index is 5.35. The molecule has 0 saturated carbocycles. The molecule has 1 N–H and O–H groups in total. The lowest BCUT2D eigenvalue weighted by molar-refractivity contribution is 0.353. The van der Waals surface area contributed by atoms with E-state index >= 15 is 0 Å². The third-order valence-corrected chi connectivity index (χ3v) is 4.33. The number of nitrogens with zero attached hydrogens (tertiary/aromatic N) is 3. The van der Waals surface area contributed by atoms with Gasteiger partial charge in [-0.05, 0) is 64.6 Å². The molecule has 128 valence electrons. The summed E-state index contributed by atoms with van der Waals surface area (Å²) in [6.07, 6.45) is 7.16. The Hall–Kier alpha value is -2.55. The summed E-state index contributed by atoms with van der Waals surface area (Å²) in [4.78, 5) is 4.04. The van der Waals surface area contributed by atoms with Crippen LogP contribution >= 0.6 is 22.6 Å². The molecule has 0 atom stereocenters. The number of ether oxygens (including phenoxy) is 2. The van der Waals surface area contributed by atoms with E-state index in [2.05, 4.69) is 38.1 Å². The van der Waals surface area contributed by atoms with Crippen LogP contribution in [0, 0.1) is 3.57 Å². The molecule has 0 bridgehead atoms. The Balaban J connectivity index is 1.70. The zero-order chi connectivity index (χ0) is 17.6.